The van der Waals surface area contributed by atoms with Crippen LogP contribution in [0.25, 0.3) is 0 Å². The second-order valence-electron chi connectivity index (χ2n) is 4.56. The summed E-state index contributed by atoms with van der Waals surface area (Å²) in [6.45, 7) is 0.498. The molecule has 122 valence electrons. The largest absolute Gasteiger partial charge is 0.572 e. The van der Waals surface area contributed by atoms with Crippen LogP contribution in [-0.4, -0.2) is 48.2 Å². The summed E-state index contributed by atoms with van der Waals surface area (Å²) in [5.74, 6) is 1.21. The Balaban J connectivity index is 2.51. The predicted octanol–water partition coefficient (Wildman–Crippen LogP) is 0.400. The maximum atomic E-state index is 12.5. The molecule has 12 heteroatoms. The molecule has 0 spiro atoms. The van der Waals surface area contributed by atoms with Crippen LogP contribution in [0.2, 0.25) is 0 Å². The van der Waals surface area contributed by atoms with E-state index in [0.717, 1.165) is 17.1 Å². The number of rotatable bonds is 4. The fraction of sp³-hybridized carbons (Fsp3) is 0.400. The average Bonchev–Trinajstić information content (AvgIpc) is 2.46. The van der Waals surface area contributed by atoms with Crippen LogP contribution in [0.3, 0.4) is 0 Å². The molecule has 1 saturated heterocycles. The van der Waals surface area contributed by atoms with Gasteiger partial charge in [0, 0.05) is 23.6 Å². The Morgan fingerprint density at radius 2 is 1.95 bits per heavy atom. The van der Waals surface area contributed by atoms with Crippen molar-refractivity contribution in [1.82, 2.24) is 9.93 Å². The zero-order chi connectivity index (χ0) is 16.5. The van der Waals surface area contributed by atoms with Crippen LogP contribution in [-0.2, 0) is 10.0 Å². The summed E-state index contributed by atoms with van der Waals surface area (Å²) in [5, 5.41) is 39.8. The Bertz CT molecular complexity index is 687. The third kappa shape index (κ3) is 3.38. The number of benzene rings is 1. The smallest absolute Gasteiger partial charge is 0.336 e. The third-order valence-corrected chi connectivity index (χ3v) is 5.01. The lowest BCUT2D eigenvalue weighted by Crippen LogP contribution is -2.58. The molecule has 2 rings (SSSR count). The number of hydrogen-bond donors (Lipinski definition) is 2. The van der Waals surface area contributed by atoms with Crippen molar-refractivity contribution in [3.63, 3.8) is 0 Å². The number of thioether (sulfide) groups is 1. The van der Waals surface area contributed by atoms with Crippen molar-refractivity contribution in [2.75, 3.05) is 24.6 Å². The maximum Gasteiger partial charge on any atom is 0.336 e. The van der Waals surface area contributed by atoms with Crippen molar-refractivity contribution in [3.05, 3.63) is 33.5 Å². The molecule has 0 aromatic heterocycles. The summed E-state index contributed by atoms with van der Waals surface area (Å²) < 4.78 is 22.5. The van der Waals surface area contributed by atoms with Crippen LogP contribution in [0.5, 0.6) is 0 Å². The Labute approximate surface area is 130 Å². The van der Waals surface area contributed by atoms with Gasteiger partial charge in [0.05, 0.1) is 22.9 Å². The summed E-state index contributed by atoms with van der Waals surface area (Å²) in [6.07, 6.45) is 0. The summed E-state index contributed by atoms with van der Waals surface area (Å²) in [6, 6.07) is 2.54. The minimum Gasteiger partial charge on any atom is -0.572 e. The van der Waals surface area contributed by atoms with Gasteiger partial charge in [-0.3, -0.25) is 10.1 Å². The van der Waals surface area contributed by atoms with E-state index < -0.39 is 36.1 Å². The molecule has 1 aromatic carbocycles. The van der Waals surface area contributed by atoms with Crippen molar-refractivity contribution < 1.29 is 18.5 Å². The summed E-state index contributed by atoms with van der Waals surface area (Å²) in [7, 11) is -4.16. The van der Waals surface area contributed by atoms with Gasteiger partial charge in [-0.2, -0.15) is 17.0 Å². The highest BCUT2D eigenvalue weighted by Gasteiger charge is 2.37. The zero-order valence-electron chi connectivity index (χ0n) is 11.3. The lowest BCUT2D eigenvalue weighted by atomic mass is 10.2. The zero-order valence-corrected chi connectivity index (χ0v) is 12.9. The monoisotopic (exact) mass is 350 g/mol. The molecule has 1 unspecified atom stereocenters. The van der Waals surface area contributed by atoms with Gasteiger partial charge in [-0.1, -0.05) is 4.92 Å². The molecule has 22 heavy (non-hydrogen) atoms. The van der Waals surface area contributed by atoms with E-state index in [0.29, 0.717) is 17.6 Å². The van der Waals surface area contributed by atoms with Gasteiger partial charge < -0.3 is 5.21 Å². The van der Waals surface area contributed by atoms with Gasteiger partial charge in [0.1, 0.15) is 0 Å². The first-order valence-electron chi connectivity index (χ1n) is 6.12. The first-order chi connectivity index (χ1) is 10.1. The molecule has 1 aliphatic heterocycles. The molecule has 10 nitrogen and oxygen atoms in total. The highest BCUT2D eigenvalue weighted by Crippen LogP contribution is 2.35. The highest BCUT2D eigenvalue weighted by molar-refractivity contribution is 7.99. The van der Waals surface area contributed by atoms with Gasteiger partial charge in [0.25, 0.3) is 5.69 Å². The molecular weight excluding hydrogens is 336 g/mol. The van der Waals surface area contributed by atoms with Crippen molar-refractivity contribution >= 4 is 33.2 Å². The van der Waals surface area contributed by atoms with Crippen LogP contribution in [0.4, 0.5) is 11.4 Å². The summed E-state index contributed by atoms with van der Waals surface area (Å²) in [4.78, 5) is 7.63. The molecule has 0 amide bonds. The number of primary sulfonamides is 1. The molecular formula is C10H14N4O6S2. The summed E-state index contributed by atoms with van der Waals surface area (Å²) >= 11 is 1.59. The van der Waals surface area contributed by atoms with E-state index in [4.69, 9.17) is 5.14 Å². The molecule has 1 heterocycles. The molecule has 1 aromatic rings. The Morgan fingerprint density at radius 1 is 1.36 bits per heavy atom. The van der Waals surface area contributed by atoms with Crippen molar-refractivity contribution in [2.24, 2.45) is 5.14 Å². The number of sulfonamides is 1. The van der Waals surface area contributed by atoms with E-state index in [1.54, 1.807) is 11.8 Å². The number of nitro groups is 1. The number of nitrogens with zero attached hydrogens (tertiary/aromatic N) is 3. The Hall–Kier alpha value is -1.28. The van der Waals surface area contributed by atoms with Crippen molar-refractivity contribution in [3.8, 4) is 0 Å². The average molecular weight is 350 g/mol. The van der Waals surface area contributed by atoms with Crippen LogP contribution in [0.1, 0.15) is 0 Å². The second kappa shape index (κ2) is 6.08. The van der Waals surface area contributed by atoms with Crippen LogP contribution in [0.15, 0.2) is 23.1 Å². The standard InChI is InChI=1S/C10H14N4O6S2/c11-22(19,20)8-1-2-10(9(7-8)13(15)16)14(17,18)12-3-5-21-6-4-12/h1-2,7,17H,3-6H2,(H2,11,19,20). The van der Waals surface area contributed by atoms with Gasteiger partial charge in [0.15, 0.2) is 0 Å². The molecule has 0 aliphatic carbocycles. The molecule has 1 atom stereocenters. The van der Waals surface area contributed by atoms with Crippen LogP contribution >= 0.6 is 11.8 Å². The first kappa shape index (κ1) is 17.1. The third-order valence-electron chi connectivity index (χ3n) is 3.16. The van der Waals surface area contributed by atoms with Gasteiger partial charge in [-0.25, -0.2) is 13.6 Å². The molecule has 1 fully saturated rings. The van der Waals surface area contributed by atoms with Crippen LogP contribution < -0.4 is 10.1 Å². The Kier molecular flexibility index (Phi) is 4.72. The number of nitro benzene ring substituents is 1. The topological polar surface area (TPSA) is 150 Å². The van der Waals surface area contributed by atoms with Crippen molar-refractivity contribution in [1.29, 1.82) is 0 Å². The fourth-order valence-electron chi connectivity index (χ4n) is 2.05. The number of quaternary nitrogens is 1. The quantitative estimate of drug-likeness (QED) is 0.450. The van der Waals surface area contributed by atoms with E-state index in [9.17, 15) is 28.9 Å². The normalized spacial score (nSPS) is 19.6. The predicted molar refractivity (Wildman–Crippen MR) is 80.3 cm³/mol. The molecule has 3 N–H and O–H groups in total. The second-order valence-corrected chi connectivity index (χ2v) is 7.35. The fourth-order valence-corrected chi connectivity index (χ4v) is 3.47. The lowest BCUT2D eigenvalue weighted by molar-refractivity contribution is -0.387. The van der Waals surface area contributed by atoms with E-state index in [-0.39, 0.29) is 13.1 Å². The molecule has 1 aliphatic rings. The molecule has 0 saturated carbocycles. The van der Waals surface area contributed by atoms with Crippen LogP contribution in [0, 0.1) is 15.3 Å². The summed E-state index contributed by atoms with van der Waals surface area (Å²) in [5.41, 5.74) is -1.37. The van der Waals surface area contributed by atoms with Gasteiger partial charge in [-0.15, -0.1) is 5.01 Å². The highest BCUT2D eigenvalue weighted by atomic mass is 32.2. The lowest BCUT2D eigenvalue weighted by Gasteiger charge is -2.42. The van der Waals surface area contributed by atoms with Crippen molar-refractivity contribution in [2.45, 2.75) is 4.90 Å². The van der Waals surface area contributed by atoms with Gasteiger partial charge in [0.2, 0.25) is 10.0 Å². The Morgan fingerprint density at radius 3 is 2.45 bits per heavy atom. The van der Waals surface area contributed by atoms with E-state index in [2.05, 4.69) is 0 Å². The minimum absolute atomic E-state index is 0.249. The minimum atomic E-state index is -4.16. The van der Waals surface area contributed by atoms with Gasteiger partial charge >= 0.3 is 5.69 Å². The number of nitrogens with two attached hydrogens (primary N) is 1. The number of hydrogen-bond acceptors (Lipinski definition) is 8. The SMILES string of the molecule is NS(=O)(=O)c1ccc([N+]([O-])(O)N2CCSCC2)c([N+](=O)[O-])c1. The van der Waals surface area contributed by atoms with E-state index in [1.807, 2.05) is 0 Å². The van der Waals surface area contributed by atoms with E-state index >= 15 is 0 Å². The molecule has 0 bridgehead atoms. The maximum absolute atomic E-state index is 12.5. The van der Waals surface area contributed by atoms with E-state index in [1.165, 1.54) is 0 Å². The molecule has 0 radical (unpaired) electrons. The first-order valence-corrected chi connectivity index (χ1v) is 8.82. The van der Waals surface area contributed by atoms with Gasteiger partial charge in [-0.05, 0) is 6.07 Å².